The van der Waals surface area contributed by atoms with E-state index in [1.807, 2.05) is 36.4 Å². The lowest BCUT2D eigenvalue weighted by Gasteiger charge is -2.16. The lowest BCUT2D eigenvalue weighted by molar-refractivity contribution is -0.114. The standard InChI is InChI=1S/C21H15ClN2O2S/c22-12-6-4-11(5-7-12)20-19(18-15(25)2-1-3-16(18)26)17-13(24-20)8-9-14-21(17)27-10-23-14/h4-10,24-25H,1-3H2. The monoisotopic (exact) mass is 394 g/mol. The first-order chi connectivity index (χ1) is 13.1. The fourth-order valence-corrected chi connectivity index (χ4v) is 4.77. The molecule has 2 aromatic heterocycles. The molecule has 1 aliphatic carbocycles. The molecule has 0 unspecified atom stereocenters. The summed E-state index contributed by atoms with van der Waals surface area (Å²) >= 11 is 7.60. The van der Waals surface area contributed by atoms with E-state index in [-0.39, 0.29) is 11.5 Å². The maximum atomic E-state index is 12.8. The lowest BCUT2D eigenvalue weighted by Crippen LogP contribution is -2.11. The van der Waals surface area contributed by atoms with Crippen molar-refractivity contribution < 1.29 is 9.90 Å². The Morgan fingerprint density at radius 2 is 1.93 bits per heavy atom. The third kappa shape index (κ3) is 2.58. The summed E-state index contributed by atoms with van der Waals surface area (Å²) in [5.41, 5.74) is 6.55. The Hall–Kier alpha value is -2.63. The number of fused-ring (bicyclic) bond motifs is 3. The molecule has 1 aliphatic rings. The van der Waals surface area contributed by atoms with E-state index >= 15 is 0 Å². The van der Waals surface area contributed by atoms with Gasteiger partial charge in [-0.1, -0.05) is 23.7 Å². The number of nitrogens with one attached hydrogen (secondary N) is 1. The topological polar surface area (TPSA) is 66.0 Å². The molecule has 134 valence electrons. The van der Waals surface area contributed by atoms with Crippen LogP contribution < -0.4 is 0 Å². The Morgan fingerprint density at radius 1 is 1.11 bits per heavy atom. The zero-order chi connectivity index (χ0) is 18.5. The van der Waals surface area contributed by atoms with Crippen LogP contribution in [0.5, 0.6) is 0 Å². The van der Waals surface area contributed by atoms with Gasteiger partial charge in [-0.2, -0.15) is 0 Å². The second-order valence-corrected chi connectivity index (χ2v) is 7.96. The fraction of sp³-hybridized carbons (Fsp3) is 0.143. The molecular formula is C21H15ClN2O2S. The highest BCUT2D eigenvalue weighted by molar-refractivity contribution is 7.17. The van der Waals surface area contributed by atoms with Gasteiger partial charge in [0.2, 0.25) is 0 Å². The molecule has 5 rings (SSSR count). The smallest absolute Gasteiger partial charge is 0.166 e. The van der Waals surface area contributed by atoms with Crippen LogP contribution in [-0.4, -0.2) is 20.9 Å². The third-order valence-electron chi connectivity index (χ3n) is 5.03. The van der Waals surface area contributed by atoms with Gasteiger partial charge in [-0.25, -0.2) is 4.98 Å². The van der Waals surface area contributed by atoms with Crippen molar-refractivity contribution in [1.29, 1.82) is 0 Å². The second-order valence-electron chi connectivity index (χ2n) is 6.67. The zero-order valence-corrected chi connectivity index (χ0v) is 15.8. The maximum absolute atomic E-state index is 12.8. The molecule has 0 atom stereocenters. The fourth-order valence-electron chi connectivity index (χ4n) is 3.80. The van der Waals surface area contributed by atoms with Crippen LogP contribution in [0.1, 0.15) is 24.8 Å². The van der Waals surface area contributed by atoms with E-state index in [4.69, 9.17) is 11.6 Å². The van der Waals surface area contributed by atoms with E-state index < -0.39 is 0 Å². The van der Waals surface area contributed by atoms with Gasteiger partial charge in [0.15, 0.2) is 5.78 Å². The second kappa shape index (κ2) is 6.22. The van der Waals surface area contributed by atoms with Gasteiger partial charge in [-0.15, -0.1) is 11.3 Å². The van der Waals surface area contributed by atoms with Gasteiger partial charge in [-0.3, -0.25) is 4.79 Å². The highest BCUT2D eigenvalue weighted by Crippen LogP contribution is 2.43. The van der Waals surface area contributed by atoms with Crippen LogP contribution in [0.25, 0.3) is 38.0 Å². The van der Waals surface area contributed by atoms with Crippen molar-refractivity contribution in [1.82, 2.24) is 9.97 Å². The van der Waals surface area contributed by atoms with E-state index in [0.29, 0.717) is 29.9 Å². The van der Waals surface area contributed by atoms with Gasteiger partial charge in [0.25, 0.3) is 0 Å². The van der Waals surface area contributed by atoms with Crippen molar-refractivity contribution in [2.45, 2.75) is 19.3 Å². The van der Waals surface area contributed by atoms with Crippen LogP contribution in [0.4, 0.5) is 0 Å². The summed E-state index contributed by atoms with van der Waals surface area (Å²) in [6.45, 7) is 0. The summed E-state index contributed by atoms with van der Waals surface area (Å²) in [5, 5.41) is 12.2. The number of thiazole rings is 1. The van der Waals surface area contributed by atoms with Gasteiger partial charge in [0.05, 0.1) is 27.0 Å². The number of aliphatic hydroxyl groups is 1. The van der Waals surface area contributed by atoms with Gasteiger partial charge in [0, 0.05) is 34.3 Å². The summed E-state index contributed by atoms with van der Waals surface area (Å²) in [4.78, 5) is 20.7. The van der Waals surface area contributed by atoms with E-state index in [0.717, 1.165) is 37.9 Å². The van der Waals surface area contributed by atoms with Crippen molar-refractivity contribution in [2.24, 2.45) is 0 Å². The average Bonchev–Trinajstić information content (AvgIpc) is 3.26. The summed E-state index contributed by atoms with van der Waals surface area (Å²) in [7, 11) is 0. The number of hydrogen-bond acceptors (Lipinski definition) is 4. The van der Waals surface area contributed by atoms with E-state index in [9.17, 15) is 9.90 Å². The van der Waals surface area contributed by atoms with Crippen molar-refractivity contribution in [3.8, 4) is 11.3 Å². The average molecular weight is 395 g/mol. The quantitative estimate of drug-likeness (QED) is 0.430. The minimum atomic E-state index is -0.0172. The normalized spacial score (nSPS) is 15.2. The zero-order valence-electron chi connectivity index (χ0n) is 14.3. The van der Waals surface area contributed by atoms with Gasteiger partial charge in [-0.05, 0) is 36.2 Å². The molecule has 4 nitrogen and oxygen atoms in total. The van der Waals surface area contributed by atoms with Crippen LogP contribution in [-0.2, 0) is 4.79 Å². The molecular weight excluding hydrogens is 380 g/mol. The van der Waals surface area contributed by atoms with Crippen molar-refractivity contribution >= 4 is 55.4 Å². The van der Waals surface area contributed by atoms with Crippen LogP contribution in [0.3, 0.4) is 0 Å². The summed E-state index contributed by atoms with van der Waals surface area (Å²) in [5.74, 6) is 0.153. The maximum Gasteiger partial charge on any atom is 0.166 e. The lowest BCUT2D eigenvalue weighted by atomic mass is 9.88. The first kappa shape index (κ1) is 16.5. The molecule has 0 saturated heterocycles. The number of allylic oxidation sites excluding steroid dienone is 2. The number of benzene rings is 2. The summed E-state index contributed by atoms with van der Waals surface area (Å²) < 4.78 is 1.01. The van der Waals surface area contributed by atoms with Gasteiger partial charge < -0.3 is 10.1 Å². The van der Waals surface area contributed by atoms with E-state index in [1.54, 1.807) is 16.8 Å². The molecule has 2 aromatic carbocycles. The van der Waals surface area contributed by atoms with Crippen LogP contribution in [0.15, 0.2) is 47.7 Å². The Bertz CT molecular complexity index is 1230. The molecule has 4 aromatic rings. The molecule has 0 spiro atoms. The number of H-pyrrole nitrogens is 1. The van der Waals surface area contributed by atoms with E-state index in [2.05, 4.69) is 9.97 Å². The Labute approximate surface area is 164 Å². The largest absolute Gasteiger partial charge is 0.512 e. The number of carbonyl (C=O) groups excluding carboxylic acids is 1. The molecule has 0 bridgehead atoms. The number of aromatic amines is 1. The molecule has 0 fully saturated rings. The number of Topliss-reactive ketones (excluding diaryl/α,β-unsaturated/α-hetero) is 1. The third-order valence-corrected chi connectivity index (χ3v) is 6.14. The summed E-state index contributed by atoms with van der Waals surface area (Å²) in [6.07, 6.45) is 1.65. The molecule has 0 amide bonds. The number of rotatable bonds is 2. The van der Waals surface area contributed by atoms with Crippen LogP contribution in [0.2, 0.25) is 5.02 Å². The highest BCUT2D eigenvalue weighted by atomic mass is 35.5. The number of ketones is 1. The van der Waals surface area contributed by atoms with Crippen LogP contribution >= 0.6 is 22.9 Å². The predicted octanol–water partition coefficient (Wildman–Crippen LogP) is 6.12. The van der Waals surface area contributed by atoms with Crippen LogP contribution in [0, 0.1) is 0 Å². The molecule has 0 aliphatic heterocycles. The molecule has 27 heavy (non-hydrogen) atoms. The van der Waals surface area contributed by atoms with Crippen molar-refractivity contribution in [3.05, 3.63) is 58.3 Å². The van der Waals surface area contributed by atoms with E-state index in [1.165, 1.54) is 0 Å². The van der Waals surface area contributed by atoms with Crippen molar-refractivity contribution in [2.75, 3.05) is 0 Å². The van der Waals surface area contributed by atoms with Gasteiger partial charge >= 0.3 is 0 Å². The van der Waals surface area contributed by atoms with Crippen molar-refractivity contribution in [3.63, 3.8) is 0 Å². The van der Waals surface area contributed by atoms with Gasteiger partial charge in [0.1, 0.15) is 5.76 Å². The molecule has 0 radical (unpaired) electrons. The minimum Gasteiger partial charge on any atom is -0.512 e. The SMILES string of the molecule is O=C1CCCC(O)=C1c1c(-c2ccc(Cl)cc2)[nH]c2ccc3ncsc3c12. The molecule has 2 heterocycles. The predicted molar refractivity (Wildman–Crippen MR) is 110 cm³/mol. The highest BCUT2D eigenvalue weighted by Gasteiger charge is 2.28. The number of nitrogens with zero attached hydrogens (tertiary/aromatic N) is 1. The number of aliphatic hydroxyl groups excluding tert-OH is 1. The molecule has 2 N–H and O–H groups in total. The number of hydrogen-bond donors (Lipinski definition) is 2. The minimum absolute atomic E-state index is 0.0172. The number of halogens is 1. The first-order valence-electron chi connectivity index (χ1n) is 8.73. The summed E-state index contributed by atoms with van der Waals surface area (Å²) in [6, 6.07) is 11.4. The molecule has 0 saturated carbocycles. The Kier molecular flexibility index (Phi) is 3.81. The number of aromatic nitrogens is 2. The Morgan fingerprint density at radius 3 is 2.70 bits per heavy atom. The Balaban J connectivity index is 1.92. The first-order valence-corrected chi connectivity index (χ1v) is 9.99. The number of carbonyl (C=O) groups is 1. The molecule has 6 heteroatoms.